The number of terminal acetylenes is 1. The van der Waals surface area contributed by atoms with Crippen LogP contribution in [0.15, 0.2) is 41.5 Å². The molecule has 3 unspecified atom stereocenters. The highest BCUT2D eigenvalue weighted by Gasteiger charge is 2.64. The highest BCUT2D eigenvalue weighted by atomic mass is 16.5. The Morgan fingerprint density at radius 1 is 1.37 bits per heavy atom. The molecule has 27 heavy (non-hydrogen) atoms. The van der Waals surface area contributed by atoms with E-state index in [1.807, 2.05) is 36.4 Å². The summed E-state index contributed by atoms with van der Waals surface area (Å²) < 4.78 is 5.66. The lowest BCUT2D eigenvalue weighted by atomic mass is 9.90. The molecule has 1 amide bonds. The molecule has 4 nitrogen and oxygen atoms in total. The van der Waals surface area contributed by atoms with Gasteiger partial charge in [0.1, 0.15) is 12.4 Å². The summed E-state index contributed by atoms with van der Waals surface area (Å²) >= 11 is 0. The number of hydrogen-bond acceptors (Lipinski definition) is 3. The van der Waals surface area contributed by atoms with Gasteiger partial charge in [-0.3, -0.25) is 4.79 Å². The standard InChI is InChI=1S/C23H24N2O2/c1-3-14-27-20-12-11-16-8-4-5-9-17(16)18(20)15-24-25-22(26)21-19-10-6-7-13-23(19,21)2/h1,4-5,8-9,11-12,15,19,21H,6-7,10,13-14H2,2H3,(H,25,26)/b24-15+. The summed E-state index contributed by atoms with van der Waals surface area (Å²) in [6.45, 7) is 2.43. The van der Waals surface area contributed by atoms with Gasteiger partial charge in [-0.05, 0) is 41.0 Å². The number of nitrogens with one attached hydrogen (secondary N) is 1. The summed E-state index contributed by atoms with van der Waals surface area (Å²) in [7, 11) is 0. The Morgan fingerprint density at radius 2 is 2.22 bits per heavy atom. The molecule has 1 N–H and O–H groups in total. The number of ether oxygens (including phenoxy) is 1. The molecule has 0 aliphatic heterocycles. The van der Waals surface area contributed by atoms with Crippen LogP contribution in [0.4, 0.5) is 0 Å². The maximum atomic E-state index is 12.6. The molecular weight excluding hydrogens is 336 g/mol. The average molecular weight is 360 g/mol. The van der Waals surface area contributed by atoms with Crippen LogP contribution in [0.3, 0.4) is 0 Å². The van der Waals surface area contributed by atoms with Crippen molar-refractivity contribution >= 4 is 22.9 Å². The molecule has 138 valence electrons. The van der Waals surface area contributed by atoms with Crippen LogP contribution < -0.4 is 10.2 Å². The number of carbonyl (C=O) groups is 1. The molecule has 2 aliphatic carbocycles. The normalized spacial score (nSPS) is 26.4. The molecule has 2 fully saturated rings. The van der Waals surface area contributed by atoms with Gasteiger partial charge in [-0.15, -0.1) is 6.42 Å². The largest absolute Gasteiger partial charge is 0.480 e. The molecule has 2 saturated carbocycles. The maximum absolute atomic E-state index is 12.6. The van der Waals surface area contributed by atoms with Crippen LogP contribution >= 0.6 is 0 Å². The maximum Gasteiger partial charge on any atom is 0.244 e. The molecule has 3 atom stereocenters. The Bertz CT molecular complexity index is 943. The van der Waals surface area contributed by atoms with Gasteiger partial charge >= 0.3 is 0 Å². The quantitative estimate of drug-likeness (QED) is 0.495. The van der Waals surface area contributed by atoms with E-state index < -0.39 is 0 Å². The molecule has 0 aromatic heterocycles. The minimum atomic E-state index is 0.0342. The first-order valence-corrected chi connectivity index (χ1v) is 9.56. The first kappa shape index (κ1) is 17.6. The SMILES string of the molecule is C#CCOc1ccc2ccccc2c1/C=N/NC(=O)C1C2CCCCC21C. The fraction of sp³-hybridized carbons (Fsp3) is 0.391. The van der Waals surface area contributed by atoms with E-state index in [0.29, 0.717) is 11.7 Å². The second-order valence-corrected chi connectivity index (χ2v) is 7.76. The molecule has 2 aliphatic rings. The van der Waals surface area contributed by atoms with Crippen LogP contribution in [0, 0.1) is 29.6 Å². The number of amides is 1. The van der Waals surface area contributed by atoms with Crippen LogP contribution in [0.5, 0.6) is 5.75 Å². The van der Waals surface area contributed by atoms with Crippen LogP contribution in [0.25, 0.3) is 10.8 Å². The molecule has 0 saturated heterocycles. The fourth-order valence-electron chi connectivity index (χ4n) is 4.73. The molecule has 0 radical (unpaired) electrons. The highest BCUT2D eigenvalue weighted by Crippen LogP contribution is 2.66. The van der Waals surface area contributed by atoms with Gasteiger partial charge in [0.25, 0.3) is 0 Å². The van der Waals surface area contributed by atoms with Crippen molar-refractivity contribution in [1.29, 1.82) is 0 Å². The number of rotatable bonds is 5. The number of benzene rings is 2. The van der Waals surface area contributed by atoms with Crippen molar-refractivity contribution in [2.75, 3.05) is 6.61 Å². The summed E-state index contributed by atoms with van der Waals surface area (Å²) in [6.07, 6.45) is 11.8. The van der Waals surface area contributed by atoms with Crippen molar-refractivity contribution in [1.82, 2.24) is 5.43 Å². The van der Waals surface area contributed by atoms with Gasteiger partial charge < -0.3 is 4.74 Å². The van der Waals surface area contributed by atoms with Gasteiger partial charge in [0.15, 0.2) is 0 Å². The predicted octanol–water partition coefficient (Wildman–Crippen LogP) is 4.13. The molecule has 4 heteroatoms. The summed E-state index contributed by atoms with van der Waals surface area (Å²) in [5, 5.41) is 6.35. The van der Waals surface area contributed by atoms with E-state index in [0.717, 1.165) is 29.2 Å². The Kier molecular flexibility index (Phi) is 4.61. The van der Waals surface area contributed by atoms with Gasteiger partial charge in [0.2, 0.25) is 5.91 Å². The fourth-order valence-corrected chi connectivity index (χ4v) is 4.73. The predicted molar refractivity (Wildman–Crippen MR) is 108 cm³/mol. The number of carbonyl (C=O) groups excluding carboxylic acids is 1. The van der Waals surface area contributed by atoms with E-state index in [4.69, 9.17) is 11.2 Å². The van der Waals surface area contributed by atoms with E-state index in [9.17, 15) is 4.79 Å². The lowest BCUT2D eigenvalue weighted by molar-refractivity contribution is -0.123. The van der Waals surface area contributed by atoms with Gasteiger partial charge in [0, 0.05) is 11.5 Å². The van der Waals surface area contributed by atoms with Crippen LogP contribution in [-0.4, -0.2) is 18.7 Å². The zero-order valence-electron chi connectivity index (χ0n) is 15.6. The molecule has 2 aromatic rings. The summed E-state index contributed by atoms with van der Waals surface area (Å²) in [4.78, 5) is 12.6. The number of nitrogens with zero attached hydrogens (tertiary/aromatic N) is 1. The number of fused-ring (bicyclic) bond motifs is 2. The Morgan fingerprint density at radius 3 is 3.00 bits per heavy atom. The van der Waals surface area contributed by atoms with Crippen molar-refractivity contribution in [2.45, 2.75) is 32.6 Å². The van der Waals surface area contributed by atoms with E-state index in [2.05, 4.69) is 23.4 Å². The minimum absolute atomic E-state index is 0.0342. The van der Waals surface area contributed by atoms with E-state index >= 15 is 0 Å². The van der Waals surface area contributed by atoms with Gasteiger partial charge in [-0.2, -0.15) is 5.10 Å². The Hall–Kier alpha value is -2.80. The summed E-state index contributed by atoms with van der Waals surface area (Å²) in [5.74, 6) is 3.80. The van der Waals surface area contributed by atoms with E-state index in [-0.39, 0.29) is 23.8 Å². The molecule has 2 aromatic carbocycles. The van der Waals surface area contributed by atoms with Gasteiger partial charge in [-0.25, -0.2) is 5.43 Å². The van der Waals surface area contributed by atoms with Gasteiger partial charge in [0.05, 0.1) is 6.21 Å². The lowest BCUT2D eigenvalue weighted by Gasteiger charge is -2.15. The van der Waals surface area contributed by atoms with Gasteiger partial charge in [-0.1, -0.05) is 56.0 Å². The number of hydrogen-bond donors (Lipinski definition) is 1. The van der Waals surface area contributed by atoms with E-state index in [1.165, 1.54) is 12.8 Å². The van der Waals surface area contributed by atoms with Crippen molar-refractivity contribution in [3.8, 4) is 18.1 Å². The smallest absolute Gasteiger partial charge is 0.244 e. The Labute approximate surface area is 160 Å². The third-order valence-corrected chi connectivity index (χ3v) is 6.22. The van der Waals surface area contributed by atoms with Crippen LogP contribution in [-0.2, 0) is 4.79 Å². The summed E-state index contributed by atoms with van der Waals surface area (Å²) in [5.41, 5.74) is 3.76. The number of hydrazone groups is 1. The zero-order valence-corrected chi connectivity index (χ0v) is 15.6. The first-order chi connectivity index (χ1) is 13.1. The molecular formula is C23H24N2O2. The topological polar surface area (TPSA) is 50.7 Å². The third-order valence-electron chi connectivity index (χ3n) is 6.22. The van der Waals surface area contributed by atoms with Crippen molar-refractivity contribution in [3.05, 3.63) is 42.0 Å². The minimum Gasteiger partial charge on any atom is -0.480 e. The molecule has 0 heterocycles. The monoisotopic (exact) mass is 360 g/mol. The highest BCUT2D eigenvalue weighted by molar-refractivity contribution is 6.02. The second-order valence-electron chi connectivity index (χ2n) is 7.76. The lowest BCUT2D eigenvalue weighted by Crippen LogP contribution is -2.22. The first-order valence-electron chi connectivity index (χ1n) is 9.56. The zero-order chi connectivity index (χ0) is 18.9. The van der Waals surface area contributed by atoms with Crippen molar-refractivity contribution < 1.29 is 9.53 Å². The molecule has 0 bridgehead atoms. The Balaban J connectivity index is 1.54. The molecule has 4 rings (SSSR count). The van der Waals surface area contributed by atoms with E-state index in [1.54, 1.807) is 6.21 Å². The average Bonchev–Trinajstić information content (AvgIpc) is 3.32. The summed E-state index contributed by atoms with van der Waals surface area (Å²) in [6, 6.07) is 11.9. The molecule has 0 spiro atoms. The van der Waals surface area contributed by atoms with Crippen LogP contribution in [0.1, 0.15) is 38.2 Å². The van der Waals surface area contributed by atoms with Crippen molar-refractivity contribution in [2.24, 2.45) is 22.4 Å². The van der Waals surface area contributed by atoms with Crippen molar-refractivity contribution in [3.63, 3.8) is 0 Å². The second kappa shape index (κ2) is 7.08. The van der Waals surface area contributed by atoms with Crippen LogP contribution in [0.2, 0.25) is 0 Å². The third kappa shape index (κ3) is 3.19.